The Hall–Kier alpha value is -2.84. The number of nitrogens with zero attached hydrogens (tertiary/aromatic N) is 4. The fourth-order valence-corrected chi connectivity index (χ4v) is 1.67. The normalized spacial score (nSPS) is 11.8. The number of benzene rings is 1. The number of hydrogen-bond donors (Lipinski definition) is 1. The molecule has 1 N–H and O–H groups in total. The van der Waals surface area contributed by atoms with Gasteiger partial charge < -0.3 is 10.1 Å². The molecular formula is C12H12FN5O3. The van der Waals surface area contributed by atoms with Gasteiger partial charge in [-0.25, -0.2) is 9.18 Å². The van der Waals surface area contributed by atoms with E-state index in [1.807, 2.05) is 0 Å². The van der Waals surface area contributed by atoms with Crippen LogP contribution in [0.15, 0.2) is 24.5 Å². The molecule has 2 aromatic rings. The van der Waals surface area contributed by atoms with Crippen molar-refractivity contribution in [2.75, 3.05) is 7.11 Å². The average molecular weight is 293 g/mol. The quantitative estimate of drug-likeness (QED) is 0.802. The summed E-state index contributed by atoms with van der Waals surface area (Å²) in [5, 5.41) is 12.9. The van der Waals surface area contributed by atoms with Crippen molar-refractivity contribution >= 4 is 11.9 Å². The molecule has 0 aliphatic rings. The maximum atomic E-state index is 13.4. The minimum atomic E-state index is -0.839. The highest BCUT2D eigenvalue weighted by atomic mass is 19.1. The summed E-state index contributed by atoms with van der Waals surface area (Å²) in [7, 11) is 1.22. The van der Waals surface area contributed by atoms with Crippen molar-refractivity contribution in [1.29, 1.82) is 0 Å². The number of rotatable bonds is 4. The van der Waals surface area contributed by atoms with E-state index in [0.717, 1.165) is 16.8 Å². The fourth-order valence-electron chi connectivity index (χ4n) is 1.67. The van der Waals surface area contributed by atoms with E-state index < -0.39 is 23.7 Å². The Labute approximate surface area is 118 Å². The lowest BCUT2D eigenvalue weighted by atomic mass is 10.1. The summed E-state index contributed by atoms with van der Waals surface area (Å²) in [6, 6.07) is 2.69. The Morgan fingerprint density at radius 1 is 1.43 bits per heavy atom. The van der Waals surface area contributed by atoms with Gasteiger partial charge in [-0.3, -0.25) is 4.79 Å². The molecule has 0 radical (unpaired) electrons. The van der Waals surface area contributed by atoms with E-state index in [0.29, 0.717) is 0 Å². The van der Waals surface area contributed by atoms with Gasteiger partial charge in [-0.1, -0.05) is 0 Å². The molecule has 0 saturated carbocycles. The number of esters is 1. The lowest BCUT2D eigenvalue weighted by Crippen LogP contribution is -2.39. The maximum Gasteiger partial charge on any atom is 0.328 e. The number of carbonyl (C=O) groups is 2. The Morgan fingerprint density at radius 3 is 2.81 bits per heavy atom. The Morgan fingerprint density at radius 2 is 2.19 bits per heavy atom. The summed E-state index contributed by atoms with van der Waals surface area (Å²) in [4.78, 5) is 23.5. The Bertz CT molecular complexity index is 659. The molecule has 2 rings (SSSR count). The highest BCUT2D eigenvalue weighted by Gasteiger charge is 2.20. The van der Waals surface area contributed by atoms with Crippen molar-refractivity contribution in [3.8, 4) is 5.69 Å². The average Bonchev–Trinajstić information content (AvgIpc) is 3.00. The van der Waals surface area contributed by atoms with Crippen LogP contribution in [-0.2, 0) is 9.53 Å². The number of nitrogens with one attached hydrogen (secondary N) is 1. The monoisotopic (exact) mass is 293 g/mol. The zero-order chi connectivity index (χ0) is 15.4. The number of ether oxygens (including phenoxy) is 1. The third-order valence-electron chi connectivity index (χ3n) is 2.70. The summed E-state index contributed by atoms with van der Waals surface area (Å²) < 4.78 is 19.0. The number of aromatic nitrogens is 4. The van der Waals surface area contributed by atoms with Crippen molar-refractivity contribution in [2.45, 2.75) is 13.0 Å². The summed E-state index contributed by atoms with van der Waals surface area (Å²) in [6.07, 6.45) is 1.23. The molecule has 1 aromatic carbocycles. The van der Waals surface area contributed by atoms with E-state index in [9.17, 15) is 14.0 Å². The first-order chi connectivity index (χ1) is 10.0. The van der Waals surface area contributed by atoms with Gasteiger partial charge in [-0.15, -0.1) is 5.10 Å². The second-order valence-electron chi connectivity index (χ2n) is 4.13. The third kappa shape index (κ3) is 3.19. The second kappa shape index (κ2) is 6.07. The van der Waals surface area contributed by atoms with Crippen molar-refractivity contribution in [3.05, 3.63) is 35.9 Å². The van der Waals surface area contributed by atoms with Crippen LogP contribution >= 0.6 is 0 Å². The van der Waals surface area contributed by atoms with Crippen LogP contribution in [0, 0.1) is 5.82 Å². The lowest BCUT2D eigenvalue weighted by Gasteiger charge is -2.13. The summed E-state index contributed by atoms with van der Waals surface area (Å²) in [5.41, 5.74) is 0.286. The number of methoxy groups -OCH3 is 1. The molecule has 8 nitrogen and oxygen atoms in total. The molecule has 110 valence electrons. The summed E-state index contributed by atoms with van der Waals surface area (Å²) >= 11 is 0. The van der Waals surface area contributed by atoms with E-state index in [2.05, 4.69) is 25.6 Å². The molecule has 21 heavy (non-hydrogen) atoms. The molecule has 1 heterocycles. The third-order valence-corrected chi connectivity index (χ3v) is 2.70. The number of carbonyl (C=O) groups excluding carboxylic acids is 2. The van der Waals surface area contributed by atoms with Gasteiger partial charge in [0.1, 0.15) is 18.2 Å². The smallest absolute Gasteiger partial charge is 0.328 e. The van der Waals surface area contributed by atoms with Gasteiger partial charge in [0.25, 0.3) is 5.91 Å². The predicted molar refractivity (Wildman–Crippen MR) is 68.1 cm³/mol. The van der Waals surface area contributed by atoms with Crippen LogP contribution in [0.4, 0.5) is 4.39 Å². The lowest BCUT2D eigenvalue weighted by molar-refractivity contribution is -0.142. The Kier molecular flexibility index (Phi) is 4.21. The van der Waals surface area contributed by atoms with Crippen molar-refractivity contribution in [3.63, 3.8) is 0 Å². The van der Waals surface area contributed by atoms with Gasteiger partial charge in [0, 0.05) is 6.07 Å². The van der Waals surface area contributed by atoms with Gasteiger partial charge in [-0.05, 0) is 29.5 Å². The summed E-state index contributed by atoms with van der Waals surface area (Å²) in [5.74, 6) is -1.70. The minimum Gasteiger partial charge on any atom is -0.467 e. The van der Waals surface area contributed by atoms with Crippen molar-refractivity contribution in [1.82, 2.24) is 25.5 Å². The predicted octanol–water partition coefficient (Wildman–Crippen LogP) is 0.0927. The van der Waals surface area contributed by atoms with E-state index in [4.69, 9.17) is 0 Å². The van der Waals surface area contributed by atoms with Crippen molar-refractivity contribution < 1.29 is 18.7 Å². The van der Waals surface area contributed by atoms with E-state index in [-0.39, 0.29) is 11.3 Å². The summed E-state index contributed by atoms with van der Waals surface area (Å²) in [6.45, 7) is 1.48. The molecule has 0 aliphatic carbocycles. The van der Waals surface area contributed by atoms with E-state index in [1.54, 1.807) is 0 Å². The first-order valence-corrected chi connectivity index (χ1v) is 5.94. The van der Waals surface area contributed by atoms with Crippen LogP contribution in [0.3, 0.4) is 0 Å². The molecule has 0 bridgehead atoms. The van der Waals surface area contributed by atoms with Crippen LogP contribution in [-0.4, -0.2) is 45.2 Å². The van der Waals surface area contributed by atoms with Crippen LogP contribution in [0.1, 0.15) is 17.3 Å². The largest absolute Gasteiger partial charge is 0.467 e. The SMILES string of the molecule is COC(=O)[C@@H](C)NC(=O)c1ccc(F)cc1-n1cnnn1. The second-order valence-corrected chi connectivity index (χ2v) is 4.13. The maximum absolute atomic E-state index is 13.4. The van der Waals surface area contributed by atoms with Crippen LogP contribution < -0.4 is 5.32 Å². The molecule has 0 saturated heterocycles. The topological polar surface area (TPSA) is 99.0 Å². The molecule has 0 fully saturated rings. The van der Waals surface area contributed by atoms with Crippen molar-refractivity contribution in [2.24, 2.45) is 0 Å². The van der Waals surface area contributed by atoms with Gasteiger partial charge in [0.15, 0.2) is 0 Å². The number of halogens is 1. The standard InChI is InChI=1S/C12H12FN5O3/c1-7(12(20)21-2)15-11(19)9-4-3-8(13)5-10(9)18-6-14-16-17-18/h3-7H,1-2H3,(H,15,19)/t7-/m1/s1. The van der Waals surface area contributed by atoms with Gasteiger partial charge in [0.05, 0.1) is 18.4 Å². The molecule has 1 amide bonds. The van der Waals surface area contributed by atoms with Crippen LogP contribution in [0.25, 0.3) is 5.69 Å². The van der Waals surface area contributed by atoms with Gasteiger partial charge in [-0.2, -0.15) is 4.68 Å². The zero-order valence-corrected chi connectivity index (χ0v) is 11.3. The Balaban J connectivity index is 2.31. The minimum absolute atomic E-state index is 0.124. The van der Waals surface area contributed by atoms with Crippen LogP contribution in [0.2, 0.25) is 0 Å². The van der Waals surface area contributed by atoms with Gasteiger partial charge in [0.2, 0.25) is 0 Å². The molecule has 0 aliphatic heterocycles. The molecule has 1 atom stereocenters. The number of hydrogen-bond acceptors (Lipinski definition) is 6. The molecule has 1 aromatic heterocycles. The zero-order valence-electron chi connectivity index (χ0n) is 11.3. The molecule has 9 heteroatoms. The highest BCUT2D eigenvalue weighted by molar-refractivity contribution is 5.99. The van der Waals surface area contributed by atoms with Gasteiger partial charge >= 0.3 is 5.97 Å². The number of amides is 1. The van der Waals surface area contributed by atoms with Crippen LogP contribution in [0.5, 0.6) is 0 Å². The molecular weight excluding hydrogens is 281 g/mol. The first kappa shape index (κ1) is 14.6. The van der Waals surface area contributed by atoms with E-state index in [1.165, 1.54) is 26.4 Å². The molecule has 0 unspecified atom stereocenters. The van der Waals surface area contributed by atoms with E-state index >= 15 is 0 Å². The number of tetrazole rings is 1. The molecule has 0 spiro atoms. The first-order valence-electron chi connectivity index (χ1n) is 5.94. The highest BCUT2D eigenvalue weighted by Crippen LogP contribution is 2.15. The fraction of sp³-hybridized carbons (Fsp3) is 0.250.